The SMILES string of the molecule is Cc1ccc(NC(=S)N(Cc2ccccc2F)C2CCCC2)cc1C. The highest BCUT2D eigenvalue weighted by molar-refractivity contribution is 7.80. The molecule has 1 aliphatic rings. The Bertz CT molecular complexity index is 753. The standard InChI is InChI=1S/C21H25FN2S/c1-15-11-12-18(13-16(15)2)23-21(25)24(19-8-4-5-9-19)14-17-7-3-6-10-20(17)22/h3,6-7,10-13,19H,4-5,8-9,14H2,1-2H3,(H,23,25). The molecule has 0 saturated heterocycles. The zero-order valence-electron chi connectivity index (χ0n) is 14.9. The zero-order chi connectivity index (χ0) is 17.8. The average molecular weight is 357 g/mol. The molecule has 1 N–H and O–H groups in total. The molecular formula is C21H25FN2S. The van der Waals surface area contributed by atoms with Crippen molar-refractivity contribution in [3.05, 3.63) is 65.0 Å². The molecule has 0 unspecified atom stereocenters. The van der Waals surface area contributed by atoms with Crippen LogP contribution in [0.25, 0.3) is 0 Å². The summed E-state index contributed by atoms with van der Waals surface area (Å²) in [5.74, 6) is -0.167. The van der Waals surface area contributed by atoms with Crippen molar-refractivity contribution in [1.29, 1.82) is 0 Å². The maximum Gasteiger partial charge on any atom is 0.173 e. The number of anilines is 1. The molecule has 1 fully saturated rings. The molecule has 2 nitrogen and oxygen atoms in total. The van der Waals surface area contributed by atoms with E-state index in [0.29, 0.717) is 23.3 Å². The molecule has 2 aromatic carbocycles. The Morgan fingerprint density at radius 1 is 1.12 bits per heavy atom. The van der Waals surface area contributed by atoms with Gasteiger partial charge in [-0.3, -0.25) is 0 Å². The molecule has 25 heavy (non-hydrogen) atoms. The zero-order valence-corrected chi connectivity index (χ0v) is 15.7. The smallest absolute Gasteiger partial charge is 0.173 e. The number of hydrogen-bond acceptors (Lipinski definition) is 1. The minimum atomic E-state index is -0.167. The van der Waals surface area contributed by atoms with Crippen molar-refractivity contribution in [2.75, 3.05) is 5.32 Å². The van der Waals surface area contributed by atoms with E-state index in [1.807, 2.05) is 18.2 Å². The first-order valence-electron chi connectivity index (χ1n) is 8.93. The van der Waals surface area contributed by atoms with E-state index < -0.39 is 0 Å². The van der Waals surface area contributed by atoms with Crippen molar-refractivity contribution in [3.8, 4) is 0 Å². The molecule has 0 radical (unpaired) electrons. The van der Waals surface area contributed by atoms with Crippen LogP contribution in [0.4, 0.5) is 10.1 Å². The first-order chi connectivity index (χ1) is 12.0. The number of halogens is 1. The van der Waals surface area contributed by atoms with Crippen LogP contribution in [-0.2, 0) is 6.54 Å². The van der Waals surface area contributed by atoms with Crippen LogP contribution in [0.5, 0.6) is 0 Å². The fourth-order valence-electron chi connectivity index (χ4n) is 3.41. The van der Waals surface area contributed by atoms with Crippen LogP contribution in [0.3, 0.4) is 0 Å². The van der Waals surface area contributed by atoms with Gasteiger partial charge in [0.05, 0.1) is 0 Å². The topological polar surface area (TPSA) is 15.3 Å². The molecular weight excluding hydrogens is 331 g/mol. The molecule has 0 heterocycles. The van der Waals surface area contributed by atoms with Gasteiger partial charge >= 0.3 is 0 Å². The minimum absolute atomic E-state index is 0.167. The highest BCUT2D eigenvalue weighted by atomic mass is 32.1. The molecule has 0 bridgehead atoms. The van der Waals surface area contributed by atoms with Crippen molar-refractivity contribution < 1.29 is 4.39 Å². The molecule has 2 aromatic rings. The number of aryl methyl sites for hydroxylation is 2. The monoisotopic (exact) mass is 356 g/mol. The lowest BCUT2D eigenvalue weighted by Gasteiger charge is -2.32. The lowest BCUT2D eigenvalue weighted by atomic mass is 10.1. The fraction of sp³-hybridized carbons (Fsp3) is 0.381. The van der Waals surface area contributed by atoms with Gasteiger partial charge in [0, 0.05) is 23.8 Å². The van der Waals surface area contributed by atoms with Gasteiger partial charge in [-0.1, -0.05) is 37.1 Å². The average Bonchev–Trinajstić information content (AvgIpc) is 3.11. The molecule has 4 heteroatoms. The number of hydrogen-bond donors (Lipinski definition) is 1. The second kappa shape index (κ2) is 7.96. The molecule has 0 aromatic heterocycles. The van der Waals surface area contributed by atoms with E-state index in [-0.39, 0.29) is 5.82 Å². The second-order valence-corrected chi connectivity index (χ2v) is 7.27. The van der Waals surface area contributed by atoms with Gasteiger partial charge in [-0.15, -0.1) is 0 Å². The fourth-order valence-corrected chi connectivity index (χ4v) is 3.74. The second-order valence-electron chi connectivity index (χ2n) is 6.89. The van der Waals surface area contributed by atoms with Gasteiger partial charge in [0.2, 0.25) is 0 Å². The van der Waals surface area contributed by atoms with Crippen LogP contribution >= 0.6 is 12.2 Å². The molecule has 1 saturated carbocycles. The van der Waals surface area contributed by atoms with Crippen LogP contribution in [0.15, 0.2) is 42.5 Å². The number of nitrogens with zero attached hydrogens (tertiary/aromatic N) is 1. The summed E-state index contributed by atoms with van der Waals surface area (Å²) in [6.45, 7) is 4.70. The minimum Gasteiger partial charge on any atom is -0.342 e. The molecule has 0 spiro atoms. The third-order valence-electron chi connectivity index (χ3n) is 5.08. The first kappa shape index (κ1) is 17.9. The van der Waals surface area contributed by atoms with Gasteiger partial charge in [0.15, 0.2) is 5.11 Å². The van der Waals surface area contributed by atoms with Gasteiger partial charge in [-0.05, 0) is 68.2 Å². The van der Waals surface area contributed by atoms with Crippen molar-refractivity contribution in [3.63, 3.8) is 0 Å². The highest BCUT2D eigenvalue weighted by Crippen LogP contribution is 2.26. The Kier molecular flexibility index (Phi) is 5.69. The number of rotatable bonds is 4. The Labute approximate surface area is 155 Å². The molecule has 132 valence electrons. The molecule has 0 amide bonds. The lowest BCUT2D eigenvalue weighted by molar-refractivity contribution is 0.308. The molecule has 0 atom stereocenters. The summed E-state index contributed by atoms with van der Waals surface area (Å²) in [4.78, 5) is 2.16. The van der Waals surface area contributed by atoms with E-state index in [1.165, 1.54) is 30.0 Å². The number of nitrogens with one attached hydrogen (secondary N) is 1. The number of thiocarbonyl (C=S) groups is 1. The Morgan fingerprint density at radius 3 is 2.52 bits per heavy atom. The van der Waals surface area contributed by atoms with Gasteiger partial charge in [-0.2, -0.15) is 0 Å². The van der Waals surface area contributed by atoms with E-state index in [9.17, 15) is 4.39 Å². The predicted molar refractivity (Wildman–Crippen MR) is 106 cm³/mol. The Morgan fingerprint density at radius 2 is 1.84 bits per heavy atom. The normalized spacial score (nSPS) is 14.5. The van der Waals surface area contributed by atoms with Crippen LogP contribution < -0.4 is 5.32 Å². The van der Waals surface area contributed by atoms with E-state index in [2.05, 4.69) is 36.2 Å². The third kappa shape index (κ3) is 4.37. The summed E-state index contributed by atoms with van der Waals surface area (Å²) in [7, 11) is 0. The van der Waals surface area contributed by atoms with Gasteiger partial charge in [0.25, 0.3) is 0 Å². The van der Waals surface area contributed by atoms with Crippen LogP contribution in [-0.4, -0.2) is 16.1 Å². The summed E-state index contributed by atoms with van der Waals surface area (Å²) in [5.41, 5.74) is 4.17. The Hall–Kier alpha value is -1.94. The summed E-state index contributed by atoms with van der Waals surface area (Å²) >= 11 is 5.70. The third-order valence-corrected chi connectivity index (χ3v) is 5.42. The summed E-state index contributed by atoms with van der Waals surface area (Å²) in [5, 5.41) is 4.04. The van der Waals surface area contributed by atoms with Crippen LogP contribution in [0.1, 0.15) is 42.4 Å². The highest BCUT2D eigenvalue weighted by Gasteiger charge is 2.25. The van der Waals surface area contributed by atoms with Crippen LogP contribution in [0.2, 0.25) is 0 Å². The van der Waals surface area contributed by atoms with Gasteiger partial charge < -0.3 is 10.2 Å². The summed E-state index contributed by atoms with van der Waals surface area (Å²) < 4.78 is 14.1. The summed E-state index contributed by atoms with van der Waals surface area (Å²) in [6.07, 6.45) is 4.65. The maximum atomic E-state index is 14.1. The van der Waals surface area contributed by atoms with Gasteiger partial charge in [-0.25, -0.2) is 4.39 Å². The van der Waals surface area contributed by atoms with E-state index >= 15 is 0 Å². The van der Waals surface area contributed by atoms with E-state index in [4.69, 9.17) is 12.2 Å². The predicted octanol–water partition coefficient (Wildman–Crippen LogP) is 5.58. The van der Waals surface area contributed by atoms with Crippen molar-refractivity contribution >= 4 is 23.0 Å². The lowest BCUT2D eigenvalue weighted by Crippen LogP contribution is -2.41. The summed E-state index contributed by atoms with van der Waals surface area (Å²) in [6, 6.07) is 13.6. The van der Waals surface area contributed by atoms with Crippen LogP contribution in [0, 0.1) is 19.7 Å². The van der Waals surface area contributed by atoms with Crippen molar-refractivity contribution in [1.82, 2.24) is 4.90 Å². The van der Waals surface area contributed by atoms with Crippen molar-refractivity contribution in [2.45, 2.75) is 52.1 Å². The van der Waals surface area contributed by atoms with E-state index in [1.54, 1.807) is 6.07 Å². The van der Waals surface area contributed by atoms with E-state index in [0.717, 1.165) is 18.5 Å². The quantitative estimate of drug-likeness (QED) is 0.720. The first-order valence-corrected chi connectivity index (χ1v) is 9.33. The largest absolute Gasteiger partial charge is 0.342 e. The Balaban J connectivity index is 1.79. The molecule has 1 aliphatic carbocycles. The maximum absolute atomic E-state index is 14.1. The van der Waals surface area contributed by atoms with Gasteiger partial charge in [0.1, 0.15) is 5.82 Å². The number of benzene rings is 2. The van der Waals surface area contributed by atoms with Crippen molar-refractivity contribution in [2.24, 2.45) is 0 Å². The molecule has 0 aliphatic heterocycles. The molecule has 3 rings (SSSR count).